The zero-order valence-electron chi connectivity index (χ0n) is 13.0. The summed E-state index contributed by atoms with van der Waals surface area (Å²) in [6.07, 6.45) is 4.31. The monoisotopic (exact) mass is 294 g/mol. The summed E-state index contributed by atoms with van der Waals surface area (Å²) in [7, 11) is 0. The average Bonchev–Trinajstić information content (AvgIpc) is 2.46. The third-order valence-corrected chi connectivity index (χ3v) is 3.79. The first-order valence-corrected chi connectivity index (χ1v) is 7.61. The van der Waals surface area contributed by atoms with Crippen LogP contribution in [0.5, 0.6) is 0 Å². The fourth-order valence-corrected chi connectivity index (χ4v) is 2.40. The SMILES string of the molecule is CC(C)(CCO)CNc1nc(N)nc(N2CCCCC2)n1. The smallest absolute Gasteiger partial charge is 0.231 e. The van der Waals surface area contributed by atoms with E-state index in [1.54, 1.807) is 0 Å². The second kappa shape index (κ2) is 6.89. The molecule has 2 rings (SSSR count). The van der Waals surface area contributed by atoms with Gasteiger partial charge in [-0.15, -0.1) is 0 Å². The van der Waals surface area contributed by atoms with Crippen LogP contribution >= 0.6 is 0 Å². The van der Waals surface area contributed by atoms with E-state index in [1.807, 2.05) is 0 Å². The summed E-state index contributed by atoms with van der Waals surface area (Å²) >= 11 is 0. The molecule has 1 aromatic rings. The Hall–Kier alpha value is -1.63. The molecule has 0 radical (unpaired) electrons. The minimum absolute atomic E-state index is 0.0264. The third-order valence-electron chi connectivity index (χ3n) is 3.79. The van der Waals surface area contributed by atoms with E-state index in [9.17, 15) is 0 Å². The summed E-state index contributed by atoms with van der Waals surface area (Å²) in [5.74, 6) is 1.41. The van der Waals surface area contributed by atoms with Crippen LogP contribution in [-0.4, -0.2) is 46.3 Å². The molecular formula is C14H26N6O. The molecule has 2 heterocycles. The van der Waals surface area contributed by atoms with Crippen LogP contribution < -0.4 is 16.0 Å². The molecule has 7 heteroatoms. The van der Waals surface area contributed by atoms with E-state index in [0.29, 0.717) is 18.4 Å². The van der Waals surface area contributed by atoms with Gasteiger partial charge in [0.15, 0.2) is 0 Å². The molecule has 21 heavy (non-hydrogen) atoms. The summed E-state index contributed by atoms with van der Waals surface area (Å²) < 4.78 is 0. The van der Waals surface area contributed by atoms with Crippen LogP contribution in [0.2, 0.25) is 0 Å². The van der Waals surface area contributed by atoms with Gasteiger partial charge in [-0.3, -0.25) is 0 Å². The molecule has 4 N–H and O–H groups in total. The highest BCUT2D eigenvalue weighted by Crippen LogP contribution is 2.21. The zero-order valence-corrected chi connectivity index (χ0v) is 13.0. The summed E-state index contributed by atoms with van der Waals surface area (Å²) in [4.78, 5) is 15.0. The van der Waals surface area contributed by atoms with Gasteiger partial charge in [0.05, 0.1) is 0 Å². The number of aliphatic hydroxyl groups is 1. The number of aromatic nitrogens is 3. The zero-order chi connectivity index (χ0) is 15.3. The van der Waals surface area contributed by atoms with E-state index in [0.717, 1.165) is 32.4 Å². The van der Waals surface area contributed by atoms with Gasteiger partial charge < -0.3 is 21.1 Å². The number of nitrogens with zero attached hydrogens (tertiary/aromatic N) is 4. The summed E-state index contributed by atoms with van der Waals surface area (Å²) in [5, 5.41) is 12.3. The Morgan fingerprint density at radius 1 is 1.19 bits per heavy atom. The number of hydrogen-bond acceptors (Lipinski definition) is 7. The molecule has 1 fully saturated rings. The number of nitrogens with one attached hydrogen (secondary N) is 1. The Morgan fingerprint density at radius 3 is 2.57 bits per heavy atom. The molecule has 1 saturated heterocycles. The van der Waals surface area contributed by atoms with Crippen molar-refractivity contribution in [1.82, 2.24) is 15.0 Å². The van der Waals surface area contributed by atoms with Crippen molar-refractivity contribution in [2.45, 2.75) is 39.5 Å². The lowest BCUT2D eigenvalue weighted by molar-refractivity contribution is 0.220. The Kier molecular flexibility index (Phi) is 5.17. The van der Waals surface area contributed by atoms with Crippen LogP contribution in [0.25, 0.3) is 0 Å². The van der Waals surface area contributed by atoms with Crippen molar-refractivity contribution in [3.05, 3.63) is 0 Å². The number of rotatable bonds is 6. The Bertz CT molecular complexity index is 459. The first-order chi connectivity index (χ1) is 10.00. The lowest BCUT2D eigenvalue weighted by Gasteiger charge is -2.27. The average molecular weight is 294 g/mol. The predicted molar refractivity (Wildman–Crippen MR) is 84.3 cm³/mol. The molecule has 0 aromatic carbocycles. The van der Waals surface area contributed by atoms with Crippen LogP contribution in [0.1, 0.15) is 39.5 Å². The van der Waals surface area contributed by atoms with Crippen molar-refractivity contribution in [2.75, 3.05) is 42.2 Å². The van der Waals surface area contributed by atoms with Gasteiger partial charge in [0.2, 0.25) is 17.8 Å². The van der Waals surface area contributed by atoms with E-state index in [-0.39, 0.29) is 18.0 Å². The van der Waals surface area contributed by atoms with Gasteiger partial charge in [-0.1, -0.05) is 13.8 Å². The molecular weight excluding hydrogens is 268 g/mol. The van der Waals surface area contributed by atoms with Crippen LogP contribution in [-0.2, 0) is 0 Å². The number of anilines is 3. The van der Waals surface area contributed by atoms with Gasteiger partial charge in [-0.25, -0.2) is 0 Å². The first-order valence-electron chi connectivity index (χ1n) is 7.61. The van der Waals surface area contributed by atoms with Crippen molar-refractivity contribution in [3.8, 4) is 0 Å². The van der Waals surface area contributed by atoms with Crippen molar-refractivity contribution in [3.63, 3.8) is 0 Å². The Balaban J connectivity index is 2.04. The van der Waals surface area contributed by atoms with E-state index in [4.69, 9.17) is 10.8 Å². The quantitative estimate of drug-likeness (QED) is 0.726. The van der Waals surface area contributed by atoms with E-state index in [2.05, 4.69) is 39.0 Å². The number of piperidine rings is 1. The lowest BCUT2D eigenvalue weighted by Crippen LogP contribution is -2.32. The van der Waals surface area contributed by atoms with Gasteiger partial charge in [0.25, 0.3) is 0 Å². The molecule has 0 amide bonds. The van der Waals surface area contributed by atoms with Crippen LogP contribution in [0.4, 0.5) is 17.8 Å². The standard InChI is InChI=1S/C14H26N6O/c1-14(2,6-9-21)10-16-12-17-11(15)18-13(19-12)20-7-4-3-5-8-20/h21H,3-10H2,1-2H3,(H3,15,16,17,18,19). The minimum atomic E-state index is -0.0264. The second-order valence-corrected chi connectivity index (χ2v) is 6.36. The molecule has 0 aliphatic carbocycles. The molecule has 1 aliphatic heterocycles. The summed E-state index contributed by atoms with van der Waals surface area (Å²) in [6.45, 7) is 6.97. The largest absolute Gasteiger partial charge is 0.396 e. The lowest BCUT2D eigenvalue weighted by atomic mass is 9.90. The van der Waals surface area contributed by atoms with Crippen LogP contribution in [0.3, 0.4) is 0 Å². The second-order valence-electron chi connectivity index (χ2n) is 6.36. The number of hydrogen-bond donors (Lipinski definition) is 3. The molecule has 0 atom stereocenters. The Morgan fingerprint density at radius 2 is 1.90 bits per heavy atom. The maximum atomic E-state index is 9.06. The highest BCUT2D eigenvalue weighted by atomic mass is 16.3. The van der Waals surface area contributed by atoms with Crippen molar-refractivity contribution < 1.29 is 5.11 Å². The molecule has 1 aromatic heterocycles. The number of aliphatic hydroxyl groups excluding tert-OH is 1. The molecule has 7 nitrogen and oxygen atoms in total. The molecule has 0 saturated carbocycles. The Labute approximate surface area is 126 Å². The molecule has 1 aliphatic rings. The number of nitrogen functional groups attached to an aromatic ring is 1. The molecule has 0 spiro atoms. The first kappa shape index (κ1) is 15.8. The normalized spacial score (nSPS) is 16.0. The van der Waals surface area contributed by atoms with Crippen molar-refractivity contribution in [2.24, 2.45) is 5.41 Å². The van der Waals surface area contributed by atoms with Crippen molar-refractivity contribution in [1.29, 1.82) is 0 Å². The maximum absolute atomic E-state index is 9.06. The number of nitrogens with two attached hydrogens (primary N) is 1. The van der Waals surface area contributed by atoms with E-state index < -0.39 is 0 Å². The third kappa shape index (κ3) is 4.70. The fourth-order valence-electron chi connectivity index (χ4n) is 2.40. The topological polar surface area (TPSA) is 100 Å². The van der Waals surface area contributed by atoms with Gasteiger partial charge in [-0.2, -0.15) is 15.0 Å². The van der Waals surface area contributed by atoms with Gasteiger partial charge >= 0.3 is 0 Å². The van der Waals surface area contributed by atoms with Crippen LogP contribution in [0, 0.1) is 5.41 Å². The molecule has 0 unspecified atom stereocenters. The fraction of sp³-hybridized carbons (Fsp3) is 0.786. The molecule has 118 valence electrons. The van der Waals surface area contributed by atoms with Gasteiger partial charge in [-0.05, 0) is 31.1 Å². The summed E-state index contributed by atoms with van der Waals surface area (Å²) in [6, 6.07) is 0. The van der Waals surface area contributed by atoms with Gasteiger partial charge in [0.1, 0.15) is 0 Å². The van der Waals surface area contributed by atoms with Gasteiger partial charge in [0, 0.05) is 26.2 Å². The maximum Gasteiger partial charge on any atom is 0.231 e. The highest BCUT2D eigenvalue weighted by molar-refractivity contribution is 5.42. The van der Waals surface area contributed by atoms with E-state index >= 15 is 0 Å². The molecule has 0 bridgehead atoms. The minimum Gasteiger partial charge on any atom is -0.396 e. The van der Waals surface area contributed by atoms with Crippen molar-refractivity contribution >= 4 is 17.8 Å². The van der Waals surface area contributed by atoms with E-state index in [1.165, 1.54) is 6.42 Å². The summed E-state index contributed by atoms with van der Waals surface area (Å²) in [5.41, 5.74) is 5.77. The predicted octanol–water partition coefficient (Wildman–Crippen LogP) is 1.26. The highest BCUT2D eigenvalue weighted by Gasteiger charge is 2.19. The van der Waals surface area contributed by atoms with Crippen LogP contribution in [0.15, 0.2) is 0 Å².